The lowest BCUT2D eigenvalue weighted by Crippen LogP contribution is -2.21. The molecule has 0 aromatic carbocycles. The molecule has 0 aliphatic rings. The van der Waals surface area contributed by atoms with E-state index in [0.29, 0.717) is 5.15 Å². The molecule has 0 aliphatic heterocycles. The van der Waals surface area contributed by atoms with Crippen molar-refractivity contribution in [2.75, 3.05) is 12.0 Å². The molecule has 1 rings (SSSR count). The highest BCUT2D eigenvalue weighted by Gasteiger charge is 2.01. The van der Waals surface area contributed by atoms with E-state index in [1.54, 1.807) is 6.07 Å². The first-order chi connectivity index (χ1) is 6.76. The summed E-state index contributed by atoms with van der Waals surface area (Å²) in [6.07, 6.45) is 1.86. The van der Waals surface area contributed by atoms with Crippen molar-refractivity contribution in [2.45, 2.75) is 26.7 Å². The van der Waals surface area contributed by atoms with E-state index in [1.165, 1.54) is 0 Å². The molecular weight excluding hydrogens is 200 g/mol. The Labute approximate surface area is 89.1 Å². The van der Waals surface area contributed by atoms with Gasteiger partial charge in [-0.2, -0.15) is 0 Å². The first kappa shape index (κ1) is 11.2. The number of aromatic nitrogens is 2. The van der Waals surface area contributed by atoms with Crippen molar-refractivity contribution in [1.29, 1.82) is 0 Å². The molecule has 1 heterocycles. The van der Waals surface area contributed by atoms with E-state index in [4.69, 9.17) is 11.6 Å². The maximum Gasteiger partial charge on any atom is 0.145 e. The van der Waals surface area contributed by atoms with Gasteiger partial charge in [0.05, 0.1) is 0 Å². The Kier molecular flexibility index (Phi) is 4.62. The summed E-state index contributed by atoms with van der Waals surface area (Å²) in [5, 5.41) is 0.476. The average Bonchev–Trinajstić information content (AvgIpc) is 2.14. The van der Waals surface area contributed by atoms with Crippen LogP contribution in [0.4, 0.5) is 5.82 Å². The van der Waals surface area contributed by atoms with Crippen LogP contribution in [0.1, 0.15) is 26.1 Å². The third-order valence-corrected chi connectivity index (χ3v) is 1.80. The summed E-state index contributed by atoms with van der Waals surface area (Å²) < 4.78 is 0. The minimum atomic E-state index is 0.476. The lowest BCUT2D eigenvalue weighted by atomic mass is 10.3. The highest BCUT2D eigenvalue weighted by Crippen LogP contribution is 2.11. The van der Waals surface area contributed by atoms with Crippen molar-refractivity contribution < 1.29 is 0 Å². The summed E-state index contributed by atoms with van der Waals surface area (Å²) in [5.41, 5.74) is 5.91. The predicted molar refractivity (Wildman–Crippen MR) is 58.3 cm³/mol. The topological polar surface area (TPSA) is 49.8 Å². The van der Waals surface area contributed by atoms with Crippen molar-refractivity contribution in [3.8, 4) is 0 Å². The number of hydrogen-bond acceptors (Lipinski definition) is 4. The first-order valence-electron chi connectivity index (χ1n) is 4.78. The molecule has 0 amide bonds. The average molecular weight is 215 g/mol. The second-order valence-electron chi connectivity index (χ2n) is 2.90. The van der Waals surface area contributed by atoms with Gasteiger partial charge in [-0.3, -0.25) is 0 Å². The molecule has 0 aliphatic carbocycles. The van der Waals surface area contributed by atoms with Gasteiger partial charge in [0.25, 0.3) is 0 Å². The van der Waals surface area contributed by atoms with E-state index in [2.05, 4.69) is 27.7 Å². The Morgan fingerprint density at radius 3 is 2.79 bits per heavy atom. The van der Waals surface area contributed by atoms with Gasteiger partial charge in [-0.05, 0) is 6.42 Å². The standard InChI is InChI=1S/C9H15ClN4/c1-3-5-8-12-7(10)6-9(13-8)14-11-4-2/h6,11H,3-5H2,1-2H3,(H,12,13,14). The predicted octanol–water partition coefficient (Wildman–Crippen LogP) is 2.02. The minimum Gasteiger partial charge on any atom is -0.306 e. The summed E-state index contributed by atoms with van der Waals surface area (Å²) >= 11 is 5.85. The van der Waals surface area contributed by atoms with E-state index >= 15 is 0 Å². The monoisotopic (exact) mass is 214 g/mol. The number of hydrogen-bond donors (Lipinski definition) is 2. The first-order valence-corrected chi connectivity index (χ1v) is 5.16. The largest absolute Gasteiger partial charge is 0.306 e. The normalized spacial score (nSPS) is 10.2. The molecule has 0 atom stereocenters. The van der Waals surface area contributed by atoms with Gasteiger partial charge in [0, 0.05) is 19.0 Å². The molecule has 5 heteroatoms. The molecule has 0 saturated heterocycles. The molecule has 0 radical (unpaired) electrons. The van der Waals surface area contributed by atoms with Crippen LogP contribution in [0.15, 0.2) is 6.07 Å². The van der Waals surface area contributed by atoms with Gasteiger partial charge in [0.2, 0.25) is 0 Å². The van der Waals surface area contributed by atoms with Crippen LogP contribution in [0.2, 0.25) is 5.15 Å². The second kappa shape index (κ2) is 5.78. The third kappa shape index (κ3) is 3.47. The molecule has 0 saturated carbocycles. The fourth-order valence-electron chi connectivity index (χ4n) is 1.04. The Hall–Kier alpha value is -0.870. The summed E-state index contributed by atoms with van der Waals surface area (Å²) in [6.45, 7) is 4.91. The quantitative estimate of drug-likeness (QED) is 0.582. The number of rotatable bonds is 5. The van der Waals surface area contributed by atoms with E-state index in [-0.39, 0.29) is 0 Å². The molecule has 14 heavy (non-hydrogen) atoms. The lowest BCUT2D eigenvalue weighted by molar-refractivity contribution is 0.806. The van der Waals surface area contributed by atoms with Crippen molar-refractivity contribution in [1.82, 2.24) is 15.4 Å². The summed E-state index contributed by atoms with van der Waals surface area (Å²) in [5.74, 6) is 1.50. The summed E-state index contributed by atoms with van der Waals surface area (Å²) in [6, 6.07) is 1.70. The number of halogens is 1. The Balaban J connectivity index is 2.73. The van der Waals surface area contributed by atoms with Crippen molar-refractivity contribution in [3.63, 3.8) is 0 Å². The number of nitrogens with zero attached hydrogens (tertiary/aromatic N) is 2. The van der Waals surface area contributed by atoms with Gasteiger partial charge in [0.1, 0.15) is 16.8 Å². The molecular formula is C9H15ClN4. The van der Waals surface area contributed by atoms with Crippen LogP contribution < -0.4 is 10.9 Å². The number of aryl methyl sites for hydroxylation is 1. The smallest absolute Gasteiger partial charge is 0.145 e. The second-order valence-corrected chi connectivity index (χ2v) is 3.28. The van der Waals surface area contributed by atoms with Gasteiger partial charge in [-0.25, -0.2) is 15.4 Å². The number of hydrazine groups is 1. The fraction of sp³-hybridized carbons (Fsp3) is 0.556. The molecule has 0 unspecified atom stereocenters. The number of nitrogens with one attached hydrogen (secondary N) is 2. The molecule has 1 aromatic heterocycles. The van der Waals surface area contributed by atoms with Crippen LogP contribution in [-0.4, -0.2) is 16.5 Å². The maximum absolute atomic E-state index is 5.85. The van der Waals surface area contributed by atoms with Crippen LogP contribution in [0.25, 0.3) is 0 Å². The van der Waals surface area contributed by atoms with Gasteiger partial charge < -0.3 is 5.43 Å². The Bertz CT molecular complexity index is 290. The van der Waals surface area contributed by atoms with Crippen LogP contribution in [0, 0.1) is 0 Å². The zero-order chi connectivity index (χ0) is 10.4. The highest BCUT2D eigenvalue weighted by molar-refractivity contribution is 6.29. The molecule has 78 valence electrons. The molecule has 4 nitrogen and oxygen atoms in total. The number of anilines is 1. The molecule has 1 aromatic rings. The van der Waals surface area contributed by atoms with Gasteiger partial charge in [-0.15, -0.1) is 0 Å². The van der Waals surface area contributed by atoms with Crippen molar-refractivity contribution >= 4 is 17.4 Å². The zero-order valence-electron chi connectivity index (χ0n) is 8.47. The summed E-state index contributed by atoms with van der Waals surface area (Å²) in [7, 11) is 0. The van der Waals surface area contributed by atoms with Crippen LogP contribution in [-0.2, 0) is 6.42 Å². The Morgan fingerprint density at radius 1 is 1.36 bits per heavy atom. The van der Waals surface area contributed by atoms with Gasteiger partial charge in [0.15, 0.2) is 0 Å². The highest BCUT2D eigenvalue weighted by atomic mass is 35.5. The van der Waals surface area contributed by atoms with Crippen LogP contribution >= 0.6 is 11.6 Å². The zero-order valence-corrected chi connectivity index (χ0v) is 9.23. The van der Waals surface area contributed by atoms with E-state index in [9.17, 15) is 0 Å². The van der Waals surface area contributed by atoms with Crippen molar-refractivity contribution in [2.24, 2.45) is 0 Å². The maximum atomic E-state index is 5.85. The van der Waals surface area contributed by atoms with E-state index in [1.807, 2.05) is 6.92 Å². The fourth-order valence-corrected chi connectivity index (χ4v) is 1.24. The van der Waals surface area contributed by atoms with Crippen molar-refractivity contribution in [3.05, 3.63) is 17.0 Å². The third-order valence-electron chi connectivity index (χ3n) is 1.61. The molecule has 0 bridgehead atoms. The SMILES string of the molecule is CCCc1nc(Cl)cc(NNCC)n1. The Morgan fingerprint density at radius 2 is 2.14 bits per heavy atom. The van der Waals surface area contributed by atoms with Crippen LogP contribution in [0.3, 0.4) is 0 Å². The van der Waals surface area contributed by atoms with E-state index < -0.39 is 0 Å². The summed E-state index contributed by atoms with van der Waals surface area (Å²) in [4.78, 5) is 8.41. The molecule has 0 spiro atoms. The molecule has 0 fully saturated rings. The molecule has 2 N–H and O–H groups in total. The van der Waals surface area contributed by atoms with Gasteiger partial charge in [-0.1, -0.05) is 25.4 Å². The van der Waals surface area contributed by atoms with E-state index in [0.717, 1.165) is 31.0 Å². The minimum absolute atomic E-state index is 0.476. The van der Waals surface area contributed by atoms with Gasteiger partial charge >= 0.3 is 0 Å². The lowest BCUT2D eigenvalue weighted by Gasteiger charge is -2.06. The van der Waals surface area contributed by atoms with Crippen LogP contribution in [0.5, 0.6) is 0 Å².